The minimum absolute atomic E-state index is 0.000438. The first-order valence-corrected chi connectivity index (χ1v) is 9.44. The summed E-state index contributed by atoms with van der Waals surface area (Å²) in [7, 11) is 0. The zero-order chi connectivity index (χ0) is 20.2. The Labute approximate surface area is 161 Å². The Hall–Kier alpha value is -2.37. The van der Waals surface area contributed by atoms with Crippen molar-refractivity contribution in [3.8, 4) is 0 Å². The summed E-state index contributed by atoms with van der Waals surface area (Å²) in [4.78, 5) is 40.8. The summed E-state index contributed by atoms with van der Waals surface area (Å²) < 4.78 is 0. The van der Waals surface area contributed by atoms with Gasteiger partial charge in [0.05, 0.1) is 12.0 Å². The van der Waals surface area contributed by atoms with Gasteiger partial charge in [0.1, 0.15) is 0 Å². The Balaban J connectivity index is 1.88. The molecule has 2 rings (SSSR count). The Morgan fingerprint density at radius 2 is 1.41 bits per heavy atom. The van der Waals surface area contributed by atoms with Crippen molar-refractivity contribution in [1.82, 2.24) is 15.1 Å². The van der Waals surface area contributed by atoms with Crippen LogP contribution < -0.4 is 5.32 Å². The van der Waals surface area contributed by atoms with Gasteiger partial charge in [0.25, 0.3) is 0 Å². The fourth-order valence-electron chi connectivity index (χ4n) is 3.07. The second-order valence-corrected chi connectivity index (χ2v) is 8.60. The number of carbonyl (C=O) groups is 3. The lowest BCUT2D eigenvalue weighted by Crippen LogP contribution is -2.55. The molecule has 1 heterocycles. The largest absolute Gasteiger partial charge is 0.347 e. The van der Waals surface area contributed by atoms with E-state index in [-0.39, 0.29) is 24.3 Å². The standard InChI is InChI=1S/C21H31N3O3/c1-20(2,3)18(26)22-15-17(25)23-11-13-24(14-12-23)19(27)21(4,5)16-9-7-6-8-10-16/h6-10H,11-15H2,1-5H3,(H,22,26). The molecule has 27 heavy (non-hydrogen) atoms. The van der Waals surface area contributed by atoms with Gasteiger partial charge >= 0.3 is 0 Å². The maximum absolute atomic E-state index is 13.0. The number of piperazine rings is 1. The van der Waals surface area contributed by atoms with E-state index in [4.69, 9.17) is 0 Å². The van der Waals surface area contributed by atoms with Crippen LogP contribution in [0.3, 0.4) is 0 Å². The van der Waals surface area contributed by atoms with Crippen LogP contribution in [0.1, 0.15) is 40.2 Å². The van der Waals surface area contributed by atoms with E-state index >= 15 is 0 Å². The SMILES string of the molecule is CC(C)(C)C(=O)NCC(=O)N1CCN(C(=O)C(C)(C)c2ccccc2)CC1. The fourth-order valence-corrected chi connectivity index (χ4v) is 3.07. The molecule has 0 radical (unpaired) electrons. The van der Waals surface area contributed by atoms with Gasteiger partial charge < -0.3 is 15.1 Å². The molecule has 148 valence electrons. The van der Waals surface area contributed by atoms with Crippen molar-refractivity contribution >= 4 is 17.7 Å². The number of carbonyl (C=O) groups excluding carboxylic acids is 3. The first-order valence-electron chi connectivity index (χ1n) is 9.44. The number of nitrogens with zero attached hydrogens (tertiary/aromatic N) is 2. The van der Waals surface area contributed by atoms with Gasteiger partial charge in [-0.25, -0.2) is 0 Å². The van der Waals surface area contributed by atoms with Crippen LogP contribution in [0.2, 0.25) is 0 Å². The molecule has 6 nitrogen and oxygen atoms in total. The molecule has 3 amide bonds. The highest BCUT2D eigenvalue weighted by molar-refractivity contribution is 5.89. The first kappa shape index (κ1) is 20.9. The van der Waals surface area contributed by atoms with E-state index in [0.29, 0.717) is 26.2 Å². The molecular weight excluding hydrogens is 342 g/mol. The Kier molecular flexibility index (Phi) is 6.29. The van der Waals surface area contributed by atoms with Gasteiger partial charge in [0.15, 0.2) is 0 Å². The third-order valence-corrected chi connectivity index (χ3v) is 5.03. The molecule has 0 spiro atoms. The molecule has 6 heteroatoms. The topological polar surface area (TPSA) is 69.7 Å². The number of hydrogen-bond acceptors (Lipinski definition) is 3. The molecule has 0 unspecified atom stereocenters. The monoisotopic (exact) mass is 373 g/mol. The van der Waals surface area contributed by atoms with Gasteiger partial charge in [0, 0.05) is 31.6 Å². The van der Waals surface area contributed by atoms with Gasteiger partial charge in [-0.05, 0) is 19.4 Å². The van der Waals surface area contributed by atoms with Crippen molar-refractivity contribution in [3.05, 3.63) is 35.9 Å². The average molecular weight is 373 g/mol. The summed E-state index contributed by atoms with van der Waals surface area (Å²) in [6, 6.07) is 9.75. The second kappa shape index (κ2) is 8.11. The van der Waals surface area contributed by atoms with E-state index in [1.807, 2.05) is 69.9 Å². The predicted molar refractivity (Wildman–Crippen MR) is 105 cm³/mol. The number of rotatable bonds is 4. The summed E-state index contributed by atoms with van der Waals surface area (Å²) >= 11 is 0. The maximum Gasteiger partial charge on any atom is 0.242 e. The zero-order valence-corrected chi connectivity index (χ0v) is 17.0. The van der Waals surface area contributed by atoms with Gasteiger partial charge in [0.2, 0.25) is 17.7 Å². The summed E-state index contributed by atoms with van der Waals surface area (Å²) in [6.45, 7) is 11.3. The van der Waals surface area contributed by atoms with Crippen molar-refractivity contribution in [2.75, 3.05) is 32.7 Å². The minimum Gasteiger partial charge on any atom is -0.347 e. The first-order chi connectivity index (χ1) is 12.5. The van der Waals surface area contributed by atoms with Gasteiger partial charge in [-0.2, -0.15) is 0 Å². The van der Waals surface area contributed by atoms with E-state index in [9.17, 15) is 14.4 Å². The Morgan fingerprint density at radius 1 is 0.889 bits per heavy atom. The number of nitrogens with one attached hydrogen (secondary N) is 1. The molecule has 1 N–H and O–H groups in total. The molecule has 1 aliphatic rings. The van der Waals surface area contributed by atoms with Crippen LogP contribution in [0.5, 0.6) is 0 Å². The molecule has 0 saturated carbocycles. The van der Waals surface area contributed by atoms with E-state index in [0.717, 1.165) is 5.56 Å². The average Bonchev–Trinajstić information content (AvgIpc) is 2.65. The minimum atomic E-state index is -0.603. The molecule has 0 bridgehead atoms. The summed E-state index contributed by atoms with van der Waals surface area (Å²) in [5, 5.41) is 2.69. The van der Waals surface area contributed by atoms with Crippen LogP contribution in [-0.4, -0.2) is 60.2 Å². The lowest BCUT2D eigenvalue weighted by molar-refractivity contribution is -0.142. The quantitative estimate of drug-likeness (QED) is 0.875. The van der Waals surface area contributed by atoms with Crippen molar-refractivity contribution in [1.29, 1.82) is 0 Å². The molecule has 0 atom stereocenters. The predicted octanol–water partition coefficient (Wildman–Crippen LogP) is 1.80. The molecule has 1 aliphatic heterocycles. The zero-order valence-electron chi connectivity index (χ0n) is 17.0. The van der Waals surface area contributed by atoms with Gasteiger partial charge in [-0.3, -0.25) is 14.4 Å². The molecule has 1 fully saturated rings. The second-order valence-electron chi connectivity index (χ2n) is 8.60. The van der Waals surface area contributed by atoms with Crippen molar-refractivity contribution in [2.24, 2.45) is 5.41 Å². The molecule has 1 saturated heterocycles. The molecular formula is C21H31N3O3. The fraction of sp³-hybridized carbons (Fsp3) is 0.571. The maximum atomic E-state index is 13.0. The lowest BCUT2D eigenvalue weighted by Gasteiger charge is -2.39. The third-order valence-electron chi connectivity index (χ3n) is 5.03. The summed E-state index contributed by atoms with van der Waals surface area (Å²) in [5.41, 5.74) is -0.138. The Morgan fingerprint density at radius 3 is 1.93 bits per heavy atom. The van der Waals surface area contributed by atoms with Crippen molar-refractivity contribution in [2.45, 2.75) is 40.0 Å². The van der Waals surface area contributed by atoms with E-state index in [2.05, 4.69) is 5.32 Å². The molecule has 0 aromatic heterocycles. The highest BCUT2D eigenvalue weighted by Gasteiger charge is 2.35. The number of amides is 3. The van der Waals surface area contributed by atoms with Crippen LogP contribution in [0.15, 0.2) is 30.3 Å². The van der Waals surface area contributed by atoms with Gasteiger partial charge in [-0.15, -0.1) is 0 Å². The van der Waals surface area contributed by atoms with Gasteiger partial charge in [-0.1, -0.05) is 51.1 Å². The van der Waals surface area contributed by atoms with E-state index in [1.54, 1.807) is 4.90 Å². The molecule has 1 aromatic rings. The Bertz CT molecular complexity index is 684. The summed E-state index contributed by atoms with van der Waals surface area (Å²) in [6.07, 6.45) is 0. The normalized spacial score (nSPS) is 15.4. The third kappa shape index (κ3) is 5.08. The van der Waals surface area contributed by atoms with Crippen molar-refractivity contribution < 1.29 is 14.4 Å². The van der Waals surface area contributed by atoms with Crippen LogP contribution in [0, 0.1) is 5.41 Å². The summed E-state index contributed by atoms with van der Waals surface area (Å²) in [5.74, 6) is -0.182. The van der Waals surface area contributed by atoms with Crippen LogP contribution in [-0.2, 0) is 19.8 Å². The van der Waals surface area contributed by atoms with Crippen LogP contribution in [0.25, 0.3) is 0 Å². The smallest absolute Gasteiger partial charge is 0.242 e. The number of hydrogen-bond donors (Lipinski definition) is 1. The lowest BCUT2D eigenvalue weighted by atomic mass is 9.83. The number of benzene rings is 1. The van der Waals surface area contributed by atoms with E-state index < -0.39 is 10.8 Å². The molecule has 1 aromatic carbocycles. The molecule has 0 aliphatic carbocycles. The van der Waals surface area contributed by atoms with Crippen molar-refractivity contribution in [3.63, 3.8) is 0 Å². The van der Waals surface area contributed by atoms with E-state index in [1.165, 1.54) is 0 Å². The highest BCUT2D eigenvalue weighted by Crippen LogP contribution is 2.26. The highest BCUT2D eigenvalue weighted by atomic mass is 16.2. The van der Waals surface area contributed by atoms with Crippen LogP contribution >= 0.6 is 0 Å². The van der Waals surface area contributed by atoms with Crippen LogP contribution in [0.4, 0.5) is 0 Å².